The van der Waals surface area contributed by atoms with E-state index < -0.39 is 5.91 Å². The number of carbonyl (C=O) groups is 2. The van der Waals surface area contributed by atoms with E-state index >= 15 is 0 Å². The second kappa shape index (κ2) is 6.00. The molecule has 0 aliphatic rings. The number of hydrogen-bond donors (Lipinski definition) is 3. The topological polar surface area (TPSA) is 102 Å². The van der Waals surface area contributed by atoms with Crippen molar-refractivity contribution in [3.8, 4) is 0 Å². The number of aryl methyl sites for hydroxylation is 1. The van der Waals surface area contributed by atoms with Crippen molar-refractivity contribution >= 4 is 11.8 Å². The summed E-state index contributed by atoms with van der Waals surface area (Å²) in [5.41, 5.74) is 5.37. The molecule has 0 bridgehead atoms. The average molecular weight is 239 g/mol. The molecular weight excluding hydrogens is 222 g/mol. The predicted octanol–water partition coefficient (Wildman–Crippen LogP) is -1.14. The van der Waals surface area contributed by atoms with Gasteiger partial charge >= 0.3 is 0 Å². The van der Waals surface area contributed by atoms with Crippen molar-refractivity contribution in [2.45, 2.75) is 6.42 Å². The maximum atomic E-state index is 11.7. The quantitative estimate of drug-likeness (QED) is 0.546. The summed E-state index contributed by atoms with van der Waals surface area (Å²) in [6.07, 6.45) is 2.24. The average Bonchev–Trinajstić information content (AvgIpc) is 2.66. The largest absolute Gasteiger partial charge is 0.365 e. The van der Waals surface area contributed by atoms with Gasteiger partial charge in [0.15, 0.2) is 5.69 Å². The molecule has 1 heterocycles. The minimum Gasteiger partial charge on any atom is -0.365 e. The van der Waals surface area contributed by atoms with Crippen molar-refractivity contribution in [3.63, 3.8) is 0 Å². The number of amides is 2. The van der Waals surface area contributed by atoms with E-state index in [1.165, 1.54) is 10.9 Å². The van der Waals surface area contributed by atoms with E-state index in [1.807, 2.05) is 7.05 Å². The van der Waals surface area contributed by atoms with Crippen LogP contribution >= 0.6 is 0 Å². The molecule has 0 aliphatic heterocycles. The van der Waals surface area contributed by atoms with E-state index in [-0.39, 0.29) is 17.2 Å². The number of aromatic nitrogens is 2. The molecule has 0 unspecified atom stereocenters. The van der Waals surface area contributed by atoms with Gasteiger partial charge in [0.2, 0.25) is 0 Å². The van der Waals surface area contributed by atoms with E-state index in [9.17, 15) is 9.59 Å². The van der Waals surface area contributed by atoms with Crippen LogP contribution in [0.3, 0.4) is 0 Å². The van der Waals surface area contributed by atoms with Gasteiger partial charge in [-0.05, 0) is 20.0 Å². The minimum absolute atomic E-state index is 0.0736. The third-order valence-corrected chi connectivity index (χ3v) is 2.20. The highest BCUT2D eigenvalue weighted by Crippen LogP contribution is 2.05. The second-order valence-corrected chi connectivity index (χ2v) is 3.64. The van der Waals surface area contributed by atoms with Gasteiger partial charge in [-0.15, -0.1) is 0 Å². The van der Waals surface area contributed by atoms with Crippen LogP contribution in [0.25, 0.3) is 0 Å². The summed E-state index contributed by atoms with van der Waals surface area (Å²) in [6.45, 7) is 1.33. The van der Waals surface area contributed by atoms with Crippen LogP contribution in [-0.4, -0.2) is 41.7 Å². The first-order chi connectivity index (χ1) is 8.06. The zero-order valence-corrected chi connectivity index (χ0v) is 9.99. The Hall–Kier alpha value is -1.89. The van der Waals surface area contributed by atoms with Gasteiger partial charge in [0.05, 0.1) is 5.56 Å². The molecule has 0 saturated heterocycles. The minimum atomic E-state index is -0.654. The van der Waals surface area contributed by atoms with E-state index in [0.717, 1.165) is 13.0 Å². The number of nitrogens with zero attached hydrogens (tertiary/aromatic N) is 2. The van der Waals surface area contributed by atoms with Crippen LogP contribution in [0, 0.1) is 0 Å². The summed E-state index contributed by atoms with van der Waals surface area (Å²) in [7, 11) is 3.47. The Morgan fingerprint density at radius 2 is 2.18 bits per heavy atom. The first kappa shape index (κ1) is 13.2. The molecule has 4 N–H and O–H groups in total. The highest BCUT2D eigenvalue weighted by molar-refractivity contribution is 6.05. The number of hydrogen-bond acceptors (Lipinski definition) is 4. The number of nitrogens with two attached hydrogens (primary N) is 1. The SMILES string of the molecule is CNCCCNC(=O)c1nn(C)cc1C(N)=O. The molecule has 1 rings (SSSR count). The fourth-order valence-electron chi connectivity index (χ4n) is 1.39. The van der Waals surface area contributed by atoms with Crippen LogP contribution in [0.4, 0.5) is 0 Å². The van der Waals surface area contributed by atoms with Gasteiger partial charge in [0.25, 0.3) is 11.8 Å². The smallest absolute Gasteiger partial charge is 0.272 e. The van der Waals surface area contributed by atoms with E-state index in [4.69, 9.17) is 5.73 Å². The summed E-state index contributed by atoms with van der Waals surface area (Å²) < 4.78 is 1.39. The Morgan fingerprint density at radius 1 is 1.47 bits per heavy atom. The zero-order valence-electron chi connectivity index (χ0n) is 9.99. The van der Waals surface area contributed by atoms with Crippen molar-refractivity contribution in [3.05, 3.63) is 17.5 Å². The molecule has 0 aliphatic carbocycles. The molecule has 1 aromatic rings. The van der Waals surface area contributed by atoms with Gasteiger partial charge in [-0.3, -0.25) is 14.3 Å². The summed E-state index contributed by atoms with van der Waals surface area (Å²) in [5, 5.41) is 9.57. The van der Waals surface area contributed by atoms with Crippen molar-refractivity contribution in [1.29, 1.82) is 0 Å². The van der Waals surface area contributed by atoms with Crippen molar-refractivity contribution in [2.75, 3.05) is 20.1 Å². The third kappa shape index (κ3) is 3.56. The number of primary amides is 1. The number of carbonyl (C=O) groups excluding carboxylic acids is 2. The molecule has 0 aromatic carbocycles. The molecule has 94 valence electrons. The van der Waals surface area contributed by atoms with Gasteiger partial charge in [0.1, 0.15) is 0 Å². The van der Waals surface area contributed by atoms with Gasteiger partial charge in [-0.25, -0.2) is 0 Å². The van der Waals surface area contributed by atoms with Crippen LogP contribution in [-0.2, 0) is 7.05 Å². The Balaban J connectivity index is 2.65. The molecule has 7 nitrogen and oxygen atoms in total. The highest BCUT2D eigenvalue weighted by atomic mass is 16.2. The number of nitrogens with one attached hydrogen (secondary N) is 2. The van der Waals surface area contributed by atoms with E-state index in [0.29, 0.717) is 6.54 Å². The monoisotopic (exact) mass is 239 g/mol. The maximum Gasteiger partial charge on any atom is 0.272 e. The van der Waals surface area contributed by atoms with Gasteiger partial charge in [-0.1, -0.05) is 0 Å². The fraction of sp³-hybridized carbons (Fsp3) is 0.500. The Kier molecular flexibility index (Phi) is 4.65. The van der Waals surface area contributed by atoms with Crippen molar-refractivity contribution in [2.24, 2.45) is 12.8 Å². The molecule has 17 heavy (non-hydrogen) atoms. The molecule has 2 amide bonds. The van der Waals surface area contributed by atoms with Crippen molar-refractivity contribution in [1.82, 2.24) is 20.4 Å². The van der Waals surface area contributed by atoms with Gasteiger partial charge in [-0.2, -0.15) is 5.10 Å². The van der Waals surface area contributed by atoms with Gasteiger partial charge in [0, 0.05) is 19.8 Å². The summed E-state index contributed by atoms with van der Waals surface area (Å²) >= 11 is 0. The maximum absolute atomic E-state index is 11.7. The Bertz CT molecular complexity index is 413. The lowest BCUT2D eigenvalue weighted by Gasteiger charge is -2.03. The first-order valence-corrected chi connectivity index (χ1v) is 5.32. The van der Waals surface area contributed by atoms with Crippen LogP contribution in [0.1, 0.15) is 27.3 Å². The molecular formula is C10H17N5O2. The second-order valence-electron chi connectivity index (χ2n) is 3.64. The van der Waals surface area contributed by atoms with Crippen LogP contribution in [0.15, 0.2) is 6.20 Å². The van der Waals surface area contributed by atoms with Gasteiger partial charge < -0.3 is 16.4 Å². The molecule has 7 heteroatoms. The standard InChI is InChI=1S/C10H17N5O2/c1-12-4-3-5-13-10(17)8-7(9(11)16)6-15(2)14-8/h6,12H,3-5H2,1-2H3,(H2,11,16)(H,13,17). The zero-order chi connectivity index (χ0) is 12.8. The fourth-order valence-corrected chi connectivity index (χ4v) is 1.39. The molecule has 0 radical (unpaired) electrons. The lowest BCUT2D eigenvalue weighted by molar-refractivity contribution is 0.0931. The Morgan fingerprint density at radius 3 is 2.76 bits per heavy atom. The van der Waals surface area contributed by atoms with Crippen LogP contribution < -0.4 is 16.4 Å². The van der Waals surface area contributed by atoms with Crippen LogP contribution in [0.5, 0.6) is 0 Å². The molecule has 0 fully saturated rings. The summed E-state index contributed by atoms with van der Waals surface area (Å²) in [6, 6.07) is 0. The lowest BCUT2D eigenvalue weighted by atomic mass is 10.2. The molecule has 0 atom stereocenters. The summed E-state index contributed by atoms with van der Waals surface area (Å²) in [4.78, 5) is 22.8. The summed E-state index contributed by atoms with van der Waals surface area (Å²) in [5.74, 6) is -1.03. The first-order valence-electron chi connectivity index (χ1n) is 5.32. The molecule has 0 spiro atoms. The normalized spacial score (nSPS) is 10.2. The highest BCUT2D eigenvalue weighted by Gasteiger charge is 2.18. The Labute approximate surface area is 99.4 Å². The number of rotatable bonds is 6. The predicted molar refractivity (Wildman–Crippen MR) is 62.6 cm³/mol. The third-order valence-electron chi connectivity index (χ3n) is 2.20. The van der Waals surface area contributed by atoms with Crippen LogP contribution in [0.2, 0.25) is 0 Å². The van der Waals surface area contributed by atoms with E-state index in [2.05, 4.69) is 15.7 Å². The van der Waals surface area contributed by atoms with Crippen molar-refractivity contribution < 1.29 is 9.59 Å². The lowest BCUT2D eigenvalue weighted by Crippen LogP contribution is -2.29. The molecule has 0 saturated carbocycles. The van der Waals surface area contributed by atoms with E-state index in [1.54, 1.807) is 7.05 Å². The molecule has 1 aromatic heterocycles.